The van der Waals surface area contributed by atoms with Gasteiger partial charge in [0, 0.05) is 19.1 Å². The molecule has 1 aromatic rings. The molecule has 0 aromatic heterocycles. The Morgan fingerprint density at radius 1 is 1.43 bits per heavy atom. The van der Waals surface area contributed by atoms with E-state index < -0.39 is 17.4 Å². The van der Waals surface area contributed by atoms with Crippen molar-refractivity contribution in [2.24, 2.45) is 5.73 Å². The highest BCUT2D eigenvalue weighted by Gasteiger charge is 2.29. The fourth-order valence-electron chi connectivity index (χ4n) is 2.14. The van der Waals surface area contributed by atoms with E-state index in [1.165, 1.54) is 12.1 Å². The van der Waals surface area contributed by atoms with Gasteiger partial charge in [0.15, 0.2) is 24.0 Å². The predicted octanol–water partition coefficient (Wildman–Crippen LogP) is 1.85. The van der Waals surface area contributed by atoms with Crippen LogP contribution in [0.5, 0.6) is 5.75 Å². The van der Waals surface area contributed by atoms with Crippen molar-refractivity contribution in [1.29, 1.82) is 0 Å². The number of nitrogens with two attached hydrogens (primary N) is 1. The van der Waals surface area contributed by atoms with E-state index in [9.17, 15) is 13.6 Å². The molecule has 2 rings (SSSR count). The Kier molecular flexibility index (Phi) is 4.77. The summed E-state index contributed by atoms with van der Waals surface area (Å²) in [6, 6.07) is 2.43. The Balaban J connectivity index is 2.00. The molecule has 0 bridgehead atoms. The van der Waals surface area contributed by atoms with Crippen LogP contribution in [0.15, 0.2) is 12.1 Å². The molecule has 1 unspecified atom stereocenters. The molecule has 1 atom stereocenters. The van der Waals surface area contributed by atoms with Crippen LogP contribution in [-0.4, -0.2) is 36.5 Å². The standard InChI is InChI=1S/C15H20F2N2O2/c1-9(18)5-10-6-12(16)15(13(17)7-10)21-8-14(20)19(2)11-3-4-11/h6-7,9,11H,3-5,8,18H2,1-2H3. The molecule has 0 heterocycles. The maximum absolute atomic E-state index is 13.9. The summed E-state index contributed by atoms with van der Waals surface area (Å²) in [7, 11) is 1.67. The van der Waals surface area contributed by atoms with Crippen molar-refractivity contribution in [3.05, 3.63) is 29.3 Å². The van der Waals surface area contributed by atoms with Crippen molar-refractivity contribution in [2.75, 3.05) is 13.7 Å². The number of halogens is 2. The third-order valence-corrected chi connectivity index (χ3v) is 3.44. The summed E-state index contributed by atoms with van der Waals surface area (Å²) in [4.78, 5) is 13.3. The van der Waals surface area contributed by atoms with Gasteiger partial charge in [0.2, 0.25) is 0 Å². The Morgan fingerprint density at radius 3 is 2.48 bits per heavy atom. The number of hydrogen-bond acceptors (Lipinski definition) is 3. The van der Waals surface area contributed by atoms with Crippen LogP contribution in [0.2, 0.25) is 0 Å². The largest absolute Gasteiger partial charge is 0.478 e. The number of rotatable bonds is 6. The Bertz CT molecular complexity index is 507. The highest BCUT2D eigenvalue weighted by atomic mass is 19.1. The quantitative estimate of drug-likeness (QED) is 0.872. The lowest BCUT2D eigenvalue weighted by Gasteiger charge is -2.17. The zero-order chi connectivity index (χ0) is 15.6. The summed E-state index contributed by atoms with van der Waals surface area (Å²) < 4.78 is 32.7. The summed E-state index contributed by atoms with van der Waals surface area (Å²) in [5, 5.41) is 0. The van der Waals surface area contributed by atoms with Gasteiger partial charge in [-0.3, -0.25) is 4.79 Å². The van der Waals surface area contributed by atoms with E-state index in [0.29, 0.717) is 12.0 Å². The van der Waals surface area contributed by atoms with Crippen molar-refractivity contribution < 1.29 is 18.3 Å². The smallest absolute Gasteiger partial charge is 0.260 e. The molecule has 0 aliphatic heterocycles. The van der Waals surface area contributed by atoms with Crippen molar-refractivity contribution in [3.63, 3.8) is 0 Å². The van der Waals surface area contributed by atoms with E-state index >= 15 is 0 Å². The highest BCUT2D eigenvalue weighted by molar-refractivity contribution is 5.78. The molecule has 21 heavy (non-hydrogen) atoms. The zero-order valence-electron chi connectivity index (χ0n) is 12.2. The molecule has 1 saturated carbocycles. The lowest BCUT2D eigenvalue weighted by Crippen LogP contribution is -2.33. The van der Waals surface area contributed by atoms with Gasteiger partial charge in [0.1, 0.15) is 0 Å². The van der Waals surface area contributed by atoms with E-state index in [1.807, 2.05) is 0 Å². The van der Waals surface area contributed by atoms with Gasteiger partial charge in [0.25, 0.3) is 5.91 Å². The molecule has 1 aromatic carbocycles. The maximum atomic E-state index is 13.9. The van der Waals surface area contributed by atoms with Gasteiger partial charge in [-0.15, -0.1) is 0 Å². The first-order chi connectivity index (χ1) is 9.88. The normalized spacial score (nSPS) is 15.7. The number of nitrogens with zero attached hydrogens (tertiary/aromatic N) is 1. The molecule has 1 fully saturated rings. The van der Waals surface area contributed by atoms with Crippen molar-refractivity contribution >= 4 is 5.91 Å². The fourth-order valence-corrected chi connectivity index (χ4v) is 2.14. The van der Waals surface area contributed by atoms with Gasteiger partial charge in [-0.1, -0.05) is 0 Å². The number of hydrogen-bond donors (Lipinski definition) is 1. The first-order valence-corrected chi connectivity index (χ1v) is 7.00. The van der Waals surface area contributed by atoms with Gasteiger partial charge >= 0.3 is 0 Å². The summed E-state index contributed by atoms with van der Waals surface area (Å²) in [5.74, 6) is -2.42. The Hall–Kier alpha value is -1.69. The van der Waals surface area contributed by atoms with Crippen LogP contribution in [0.1, 0.15) is 25.3 Å². The Morgan fingerprint density at radius 2 is 2.00 bits per heavy atom. The molecule has 1 amide bonds. The van der Waals surface area contributed by atoms with Gasteiger partial charge in [-0.25, -0.2) is 8.78 Å². The van der Waals surface area contributed by atoms with Crippen LogP contribution in [-0.2, 0) is 11.2 Å². The fraction of sp³-hybridized carbons (Fsp3) is 0.533. The van der Waals surface area contributed by atoms with Crippen LogP contribution in [0.25, 0.3) is 0 Å². The number of ether oxygens (including phenoxy) is 1. The second-order valence-corrected chi connectivity index (χ2v) is 5.59. The number of benzene rings is 1. The first-order valence-electron chi connectivity index (χ1n) is 7.00. The molecule has 4 nitrogen and oxygen atoms in total. The van der Waals surface area contributed by atoms with E-state index in [0.717, 1.165) is 12.8 Å². The summed E-state index contributed by atoms with van der Waals surface area (Å²) in [6.45, 7) is 1.39. The monoisotopic (exact) mass is 298 g/mol. The number of amides is 1. The van der Waals surface area contributed by atoms with E-state index in [2.05, 4.69) is 0 Å². The number of carbonyl (C=O) groups is 1. The van der Waals surface area contributed by atoms with E-state index in [1.54, 1.807) is 18.9 Å². The predicted molar refractivity (Wildman–Crippen MR) is 75.0 cm³/mol. The van der Waals surface area contributed by atoms with Crippen LogP contribution in [0, 0.1) is 11.6 Å². The highest BCUT2D eigenvalue weighted by Crippen LogP contribution is 2.26. The molecule has 0 spiro atoms. The van der Waals surface area contributed by atoms with Crippen molar-refractivity contribution in [1.82, 2.24) is 4.90 Å². The van der Waals surface area contributed by atoms with Crippen LogP contribution in [0.4, 0.5) is 8.78 Å². The minimum atomic E-state index is -0.812. The molecular weight excluding hydrogens is 278 g/mol. The molecule has 6 heteroatoms. The van der Waals surface area contributed by atoms with Crippen molar-refractivity contribution in [3.8, 4) is 5.75 Å². The molecule has 116 valence electrons. The van der Waals surface area contributed by atoms with E-state index in [-0.39, 0.29) is 24.6 Å². The zero-order valence-corrected chi connectivity index (χ0v) is 12.2. The molecule has 0 radical (unpaired) electrons. The van der Waals surface area contributed by atoms with Crippen LogP contribution < -0.4 is 10.5 Å². The summed E-state index contributed by atoms with van der Waals surface area (Å²) in [6.07, 6.45) is 2.31. The second kappa shape index (κ2) is 6.39. The van der Waals surface area contributed by atoms with Crippen molar-refractivity contribution in [2.45, 2.75) is 38.3 Å². The van der Waals surface area contributed by atoms with Gasteiger partial charge in [-0.2, -0.15) is 0 Å². The van der Waals surface area contributed by atoms with Gasteiger partial charge in [-0.05, 0) is 43.9 Å². The molecule has 2 N–H and O–H groups in total. The second-order valence-electron chi connectivity index (χ2n) is 5.59. The topological polar surface area (TPSA) is 55.6 Å². The number of carbonyl (C=O) groups excluding carboxylic acids is 1. The van der Waals surface area contributed by atoms with Crippen LogP contribution >= 0.6 is 0 Å². The lowest BCUT2D eigenvalue weighted by atomic mass is 10.1. The third-order valence-electron chi connectivity index (χ3n) is 3.44. The maximum Gasteiger partial charge on any atom is 0.260 e. The molecule has 1 aliphatic carbocycles. The molecular formula is C15H20F2N2O2. The minimum absolute atomic E-state index is 0.190. The third kappa shape index (κ3) is 4.14. The minimum Gasteiger partial charge on any atom is -0.478 e. The Labute approximate surface area is 122 Å². The molecule has 0 saturated heterocycles. The number of likely N-dealkylation sites (N-methyl/N-ethyl adjacent to an activating group) is 1. The van der Waals surface area contributed by atoms with Crippen LogP contribution in [0.3, 0.4) is 0 Å². The van der Waals surface area contributed by atoms with Gasteiger partial charge in [0.05, 0.1) is 0 Å². The van der Waals surface area contributed by atoms with Gasteiger partial charge < -0.3 is 15.4 Å². The summed E-state index contributed by atoms with van der Waals surface area (Å²) in [5.41, 5.74) is 6.07. The average molecular weight is 298 g/mol. The SMILES string of the molecule is CC(N)Cc1cc(F)c(OCC(=O)N(C)C2CC2)c(F)c1. The lowest BCUT2D eigenvalue weighted by molar-refractivity contribution is -0.132. The first kappa shape index (κ1) is 15.7. The average Bonchev–Trinajstić information content (AvgIpc) is 3.19. The molecule has 1 aliphatic rings. The summed E-state index contributed by atoms with van der Waals surface area (Å²) >= 11 is 0. The van der Waals surface area contributed by atoms with E-state index in [4.69, 9.17) is 10.5 Å².